The Hall–Kier alpha value is -2.17. The molecule has 0 aliphatic rings. The predicted octanol–water partition coefficient (Wildman–Crippen LogP) is 4.58. The minimum Gasteiger partial charge on any atom is -0.406 e. The molecule has 0 amide bonds. The van der Waals surface area contributed by atoms with Crippen molar-refractivity contribution < 1.29 is 22.3 Å². The molecule has 0 bridgehead atoms. The zero-order chi connectivity index (χ0) is 17.3. The van der Waals surface area contributed by atoms with Crippen molar-refractivity contribution in [2.24, 2.45) is 0 Å². The molecule has 0 fully saturated rings. The van der Waals surface area contributed by atoms with Gasteiger partial charge in [-0.1, -0.05) is 12.1 Å². The summed E-state index contributed by atoms with van der Waals surface area (Å²) >= 11 is 1.97. The molecule has 0 aliphatic heterocycles. The summed E-state index contributed by atoms with van der Waals surface area (Å²) in [4.78, 5) is 3.95. The zero-order valence-corrected chi connectivity index (χ0v) is 13.9. The van der Waals surface area contributed by atoms with Gasteiger partial charge in [0, 0.05) is 11.8 Å². The molecule has 24 heavy (non-hydrogen) atoms. The van der Waals surface area contributed by atoms with Gasteiger partial charge in [0.15, 0.2) is 11.6 Å². The molecule has 2 heterocycles. The van der Waals surface area contributed by atoms with Gasteiger partial charge in [-0.15, -0.1) is 13.2 Å². The van der Waals surface area contributed by atoms with Crippen LogP contribution in [0.3, 0.4) is 0 Å². The number of hydrogen-bond acceptors (Lipinski definition) is 3. The van der Waals surface area contributed by atoms with Crippen LogP contribution in [0.1, 0.15) is 0 Å². The third-order valence-corrected chi connectivity index (χ3v) is 4.09. The Morgan fingerprint density at radius 3 is 2.42 bits per heavy atom. The minimum atomic E-state index is -4.74. The smallest absolute Gasteiger partial charge is 0.406 e. The fourth-order valence-electron chi connectivity index (χ4n) is 2.04. The molecule has 0 saturated carbocycles. The maximum Gasteiger partial charge on any atom is 0.573 e. The molecule has 4 nitrogen and oxygen atoms in total. The molecule has 0 radical (unpaired) electrons. The molecule has 9 heteroatoms. The van der Waals surface area contributed by atoms with Gasteiger partial charge in [0.25, 0.3) is 0 Å². The molecule has 2 aromatic heterocycles. The van der Waals surface area contributed by atoms with Crippen LogP contribution in [-0.4, -0.2) is 21.1 Å². The number of alkyl halides is 3. The lowest BCUT2D eigenvalue weighted by molar-refractivity contribution is -0.274. The molecule has 0 atom stereocenters. The van der Waals surface area contributed by atoms with Gasteiger partial charge in [0.1, 0.15) is 9.45 Å². The van der Waals surface area contributed by atoms with Crippen LogP contribution >= 0.6 is 22.6 Å². The third-order valence-electron chi connectivity index (χ3n) is 3.05. The van der Waals surface area contributed by atoms with E-state index in [2.05, 4.69) is 14.8 Å². The molecule has 0 unspecified atom stereocenters. The average Bonchev–Trinajstić information content (AvgIpc) is 2.89. The van der Waals surface area contributed by atoms with Crippen LogP contribution in [0.4, 0.5) is 17.6 Å². The van der Waals surface area contributed by atoms with Crippen LogP contribution in [0.5, 0.6) is 5.75 Å². The molecule has 3 aromatic rings. The van der Waals surface area contributed by atoms with Crippen molar-refractivity contribution in [3.05, 3.63) is 58.3 Å². The van der Waals surface area contributed by atoms with E-state index >= 15 is 0 Å². The van der Waals surface area contributed by atoms with Crippen LogP contribution in [0.2, 0.25) is 0 Å². The highest BCUT2D eigenvalue weighted by Crippen LogP contribution is 2.30. The highest BCUT2D eigenvalue weighted by atomic mass is 127. The summed E-state index contributed by atoms with van der Waals surface area (Å²) in [5.74, 6) is -0.798. The second kappa shape index (κ2) is 6.38. The first-order chi connectivity index (χ1) is 11.3. The average molecular weight is 449 g/mol. The summed E-state index contributed by atoms with van der Waals surface area (Å²) in [7, 11) is 0. The second-order valence-corrected chi connectivity index (χ2v) is 5.66. The van der Waals surface area contributed by atoms with Gasteiger partial charge in [-0.3, -0.25) is 0 Å². The third kappa shape index (κ3) is 3.50. The standard InChI is InChI=1S/C15H8F4IN3O/c16-12-2-1-7-21-14(12)23-13(20)11(8-22-23)9-3-5-10(6-4-9)24-15(17,18)19/h1-8H. The van der Waals surface area contributed by atoms with Crippen LogP contribution in [0, 0.1) is 9.52 Å². The Balaban J connectivity index is 1.93. The fourth-order valence-corrected chi connectivity index (χ4v) is 2.85. The van der Waals surface area contributed by atoms with Gasteiger partial charge < -0.3 is 4.74 Å². The molecular weight excluding hydrogens is 441 g/mol. The first-order valence-corrected chi connectivity index (χ1v) is 7.63. The summed E-state index contributed by atoms with van der Waals surface area (Å²) in [6.45, 7) is 0. The van der Waals surface area contributed by atoms with Crippen LogP contribution in [0.15, 0.2) is 48.8 Å². The predicted molar refractivity (Wildman–Crippen MR) is 86.2 cm³/mol. The van der Waals surface area contributed by atoms with Crippen molar-refractivity contribution in [1.29, 1.82) is 0 Å². The summed E-state index contributed by atoms with van der Waals surface area (Å²) in [5.41, 5.74) is 1.26. The number of halogens is 5. The van der Waals surface area contributed by atoms with Crippen LogP contribution in [-0.2, 0) is 0 Å². The largest absolute Gasteiger partial charge is 0.573 e. The Morgan fingerprint density at radius 2 is 1.79 bits per heavy atom. The van der Waals surface area contributed by atoms with Crippen LogP contribution in [0.25, 0.3) is 16.9 Å². The number of pyridine rings is 1. The van der Waals surface area contributed by atoms with Crippen molar-refractivity contribution in [2.45, 2.75) is 6.36 Å². The van der Waals surface area contributed by atoms with Crippen molar-refractivity contribution in [3.8, 4) is 22.7 Å². The van der Waals surface area contributed by atoms with E-state index in [9.17, 15) is 17.6 Å². The number of ether oxygens (including phenoxy) is 1. The zero-order valence-electron chi connectivity index (χ0n) is 11.8. The maximum atomic E-state index is 13.8. The minimum absolute atomic E-state index is 0.0465. The Morgan fingerprint density at radius 1 is 1.08 bits per heavy atom. The van der Waals surface area contributed by atoms with E-state index in [1.807, 2.05) is 22.6 Å². The number of hydrogen-bond donors (Lipinski definition) is 0. The van der Waals surface area contributed by atoms with Gasteiger partial charge in [-0.25, -0.2) is 14.1 Å². The van der Waals surface area contributed by atoms with Gasteiger partial charge in [0.2, 0.25) is 0 Å². The Bertz CT molecular complexity index is 862. The molecule has 124 valence electrons. The topological polar surface area (TPSA) is 39.9 Å². The van der Waals surface area contributed by atoms with Crippen LogP contribution < -0.4 is 4.74 Å². The Kier molecular flexibility index (Phi) is 4.43. The highest BCUT2D eigenvalue weighted by Gasteiger charge is 2.31. The summed E-state index contributed by atoms with van der Waals surface area (Å²) in [6, 6.07) is 8.09. The molecule has 0 saturated heterocycles. The van der Waals surface area contributed by atoms with Gasteiger partial charge >= 0.3 is 6.36 Å². The molecular formula is C15H8F4IN3O. The monoisotopic (exact) mass is 449 g/mol. The van der Waals surface area contributed by atoms with E-state index in [4.69, 9.17) is 0 Å². The molecule has 0 aliphatic carbocycles. The van der Waals surface area contributed by atoms with E-state index < -0.39 is 12.2 Å². The highest BCUT2D eigenvalue weighted by molar-refractivity contribution is 14.1. The Labute approximate surface area is 147 Å². The van der Waals surface area contributed by atoms with Crippen molar-refractivity contribution in [2.75, 3.05) is 0 Å². The van der Waals surface area contributed by atoms with Gasteiger partial charge in [-0.05, 0) is 52.4 Å². The summed E-state index contributed by atoms with van der Waals surface area (Å²) in [5, 5.41) is 4.10. The first-order valence-electron chi connectivity index (χ1n) is 6.56. The lowest BCUT2D eigenvalue weighted by Crippen LogP contribution is -2.16. The number of aromatic nitrogens is 3. The maximum absolute atomic E-state index is 13.8. The number of nitrogens with zero attached hydrogens (tertiary/aromatic N) is 3. The molecule has 1 aromatic carbocycles. The normalized spacial score (nSPS) is 11.5. The van der Waals surface area contributed by atoms with E-state index in [1.54, 1.807) is 0 Å². The van der Waals surface area contributed by atoms with Gasteiger partial charge in [-0.2, -0.15) is 5.10 Å². The van der Waals surface area contributed by atoms with E-state index in [-0.39, 0.29) is 11.6 Å². The van der Waals surface area contributed by atoms with Crippen molar-refractivity contribution >= 4 is 22.6 Å². The van der Waals surface area contributed by atoms with Crippen molar-refractivity contribution in [3.63, 3.8) is 0 Å². The summed E-state index contributed by atoms with van der Waals surface area (Å²) < 4.78 is 56.1. The lowest BCUT2D eigenvalue weighted by atomic mass is 10.1. The van der Waals surface area contributed by atoms with E-state index in [0.717, 1.165) is 0 Å². The lowest BCUT2D eigenvalue weighted by Gasteiger charge is -2.09. The second-order valence-electron chi connectivity index (χ2n) is 4.64. The molecule has 0 spiro atoms. The van der Waals surface area contributed by atoms with E-state index in [0.29, 0.717) is 14.8 Å². The molecule has 3 rings (SSSR count). The quantitative estimate of drug-likeness (QED) is 0.435. The van der Waals surface area contributed by atoms with E-state index in [1.165, 1.54) is 53.5 Å². The number of benzene rings is 1. The number of rotatable bonds is 3. The SMILES string of the molecule is Fc1cccnc1-n1ncc(-c2ccc(OC(F)(F)F)cc2)c1I. The van der Waals surface area contributed by atoms with Crippen molar-refractivity contribution in [1.82, 2.24) is 14.8 Å². The first kappa shape index (κ1) is 16.7. The van der Waals surface area contributed by atoms with Gasteiger partial charge in [0.05, 0.1) is 6.20 Å². The molecule has 0 N–H and O–H groups in total. The fraction of sp³-hybridized carbons (Fsp3) is 0.0667. The summed E-state index contributed by atoms with van der Waals surface area (Å²) in [6.07, 6.45) is -1.80.